The van der Waals surface area contributed by atoms with Gasteiger partial charge in [0.1, 0.15) is 0 Å². The number of imidazole rings is 1. The van der Waals surface area contributed by atoms with Crippen LogP contribution in [0.1, 0.15) is 60.1 Å². The Hall–Kier alpha value is -3.95. The van der Waals surface area contributed by atoms with Crippen molar-refractivity contribution in [3.05, 3.63) is 83.7 Å². The minimum absolute atomic E-state index is 0.0658. The molecule has 1 atom stereocenters. The maximum Gasteiger partial charge on any atom is 0.435 e. The first kappa shape index (κ1) is 26.1. The van der Waals surface area contributed by atoms with Crippen LogP contribution in [0, 0.1) is 0 Å². The highest BCUT2D eigenvalue weighted by Crippen LogP contribution is 2.36. The number of nitrogens with one attached hydrogen (secondary N) is 1. The zero-order valence-electron chi connectivity index (χ0n) is 21.0. The van der Waals surface area contributed by atoms with Gasteiger partial charge in [-0.15, -0.1) is 6.58 Å². The molecule has 4 aromatic rings. The van der Waals surface area contributed by atoms with Gasteiger partial charge in [-0.1, -0.05) is 32.1 Å². The number of rotatable bonds is 9. The highest BCUT2D eigenvalue weighted by atomic mass is 19.4. The van der Waals surface area contributed by atoms with Crippen LogP contribution >= 0.6 is 0 Å². The Labute approximate surface area is 213 Å². The van der Waals surface area contributed by atoms with Crippen molar-refractivity contribution in [2.45, 2.75) is 58.8 Å². The summed E-state index contributed by atoms with van der Waals surface area (Å²) in [5.74, 6) is -0.103. The van der Waals surface area contributed by atoms with Crippen LogP contribution in [0.4, 0.5) is 13.2 Å². The second kappa shape index (κ2) is 10.6. The van der Waals surface area contributed by atoms with E-state index in [0.29, 0.717) is 29.7 Å². The van der Waals surface area contributed by atoms with Crippen molar-refractivity contribution < 1.29 is 18.0 Å². The van der Waals surface area contributed by atoms with Crippen molar-refractivity contribution in [3.8, 4) is 11.3 Å². The molecule has 0 fully saturated rings. The number of halogens is 3. The maximum absolute atomic E-state index is 13.7. The van der Waals surface area contributed by atoms with E-state index in [1.54, 1.807) is 16.8 Å². The molecular weight excluding hydrogens is 481 g/mol. The summed E-state index contributed by atoms with van der Waals surface area (Å²) in [6.45, 7) is 9.69. The highest BCUT2D eigenvalue weighted by Gasteiger charge is 2.38. The molecule has 10 heteroatoms. The summed E-state index contributed by atoms with van der Waals surface area (Å²) in [6, 6.07) is 5.74. The molecule has 4 rings (SSSR count). The second-order valence-electron chi connectivity index (χ2n) is 8.92. The average Bonchev–Trinajstić information content (AvgIpc) is 3.49. The van der Waals surface area contributed by atoms with Crippen molar-refractivity contribution in [3.63, 3.8) is 0 Å². The molecule has 0 aliphatic carbocycles. The van der Waals surface area contributed by atoms with Crippen LogP contribution < -0.4 is 5.32 Å². The van der Waals surface area contributed by atoms with E-state index >= 15 is 0 Å². The minimum atomic E-state index is -4.62. The maximum atomic E-state index is 13.7. The molecule has 1 N–H and O–H groups in total. The molecule has 0 radical (unpaired) electrons. The minimum Gasteiger partial charge on any atom is -0.350 e. The fourth-order valence-electron chi connectivity index (χ4n) is 4.21. The predicted octanol–water partition coefficient (Wildman–Crippen LogP) is 5.48. The molecule has 1 amide bonds. The number of fused-ring (bicyclic) bond motifs is 1. The third kappa shape index (κ3) is 5.42. The number of nitrogens with zero attached hydrogens (tertiary/aromatic N) is 5. The Balaban J connectivity index is 1.69. The molecule has 7 nitrogen and oxygen atoms in total. The first-order chi connectivity index (χ1) is 17.7. The van der Waals surface area contributed by atoms with Gasteiger partial charge in [0.15, 0.2) is 11.3 Å². The van der Waals surface area contributed by atoms with Crippen LogP contribution in [0.5, 0.6) is 0 Å². The van der Waals surface area contributed by atoms with Crippen LogP contribution in [0.3, 0.4) is 0 Å². The van der Waals surface area contributed by atoms with Crippen LogP contribution in [0.25, 0.3) is 16.9 Å². The highest BCUT2D eigenvalue weighted by molar-refractivity contribution is 5.96. The van der Waals surface area contributed by atoms with Crippen molar-refractivity contribution in [2.24, 2.45) is 0 Å². The fraction of sp³-hybridized carbons (Fsp3) is 0.333. The molecule has 1 aromatic carbocycles. The average molecular weight is 511 g/mol. The van der Waals surface area contributed by atoms with E-state index in [1.807, 2.05) is 39.0 Å². The number of hydrogen-bond acceptors (Lipinski definition) is 4. The Morgan fingerprint density at radius 2 is 2.03 bits per heavy atom. The van der Waals surface area contributed by atoms with E-state index in [4.69, 9.17) is 0 Å². The van der Waals surface area contributed by atoms with Gasteiger partial charge in [-0.3, -0.25) is 18.9 Å². The largest absolute Gasteiger partial charge is 0.435 e. The standard InChI is InChI=1S/C27H29F3N6O/c1-5-11-35-16-21(24(34-35)27(28,29)30)23-15-32-25-22(31-10-12-36(23)25)14-18-8-9-20(19(7-3)13-18)26(37)33-17(4)6-2/h5,8-10,12-13,15-17H,1,6-7,11,14H2,2-4H3,(H,33,37)/t17-/m1/s1. The summed E-state index contributed by atoms with van der Waals surface area (Å²) in [5, 5.41) is 6.72. The third-order valence-electron chi connectivity index (χ3n) is 6.28. The van der Waals surface area contributed by atoms with Gasteiger partial charge in [0.2, 0.25) is 0 Å². The zero-order chi connectivity index (χ0) is 26.7. The third-order valence-corrected chi connectivity index (χ3v) is 6.28. The van der Waals surface area contributed by atoms with E-state index in [9.17, 15) is 18.0 Å². The summed E-state index contributed by atoms with van der Waals surface area (Å²) in [5.41, 5.74) is 2.77. The molecule has 37 heavy (non-hydrogen) atoms. The smallest absolute Gasteiger partial charge is 0.350 e. The Bertz CT molecular complexity index is 1440. The lowest BCUT2D eigenvalue weighted by molar-refractivity contribution is -0.141. The monoisotopic (exact) mass is 510 g/mol. The van der Waals surface area contributed by atoms with Crippen molar-refractivity contribution >= 4 is 11.6 Å². The SMILES string of the molecule is C=CCn1cc(-c2cnc3c(Cc4ccc(C(=O)N[C@H](C)CC)c(CC)c4)nccn23)c(C(F)(F)F)n1. The number of hydrogen-bond donors (Lipinski definition) is 1. The summed E-state index contributed by atoms with van der Waals surface area (Å²) in [7, 11) is 0. The summed E-state index contributed by atoms with van der Waals surface area (Å²) >= 11 is 0. The molecular formula is C27H29F3N6O. The molecule has 0 aliphatic heterocycles. The van der Waals surface area contributed by atoms with Gasteiger partial charge in [0.25, 0.3) is 5.91 Å². The molecule has 0 unspecified atom stereocenters. The Kier molecular flexibility index (Phi) is 7.47. The van der Waals surface area contributed by atoms with Crippen LogP contribution in [0.15, 0.2) is 55.6 Å². The van der Waals surface area contributed by atoms with Gasteiger partial charge in [0, 0.05) is 36.6 Å². The van der Waals surface area contributed by atoms with Crippen molar-refractivity contribution in [1.29, 1.82) is 0 Å². The van der Waals surface area contributed by atoms with Gasteiger partial charge >= 0.3 is 6.18 Å². The molecule has 3 heterocycles. The molecule has 0 bridgehead atoms. The van der Waals surface area contributed by atoms with E-state index < -0.39 is 11.9 Å². The van der Waals surface area contributed by atoms with E-state index in [2.05, 4.69) is 27.0 Å². The molecule has 0 saturated heterocycles. The van der Waals surface area contributed by atoms with Gasteiger partial charge in [-0.25, -0.2) is 4.98 Å². The summed E-state index contributed by atoms with van der Waals surface area (Å²) < 4.78 is 44.0. The van der Waals surface area contributed by atoms with Gasteiger partial charge in [-0.2, -0.15) is 18.3 Å². The number of benzene rings is 1. The van der Waals surface area contributed by atoms with Crippen LogP contribution in [-0.4, -0.2) is 36.1 Å². The number of amides is 1. The lowest BCUT2D eigenvalue weighted by Gasteiger charge is -2.14. The molecule has 194 valence electrons. The second-order valence-corrected chi connectivity index (χ2v) is 8.92. The van der Waals surface area contributed by atoms with E-state index in [-0.39, 0.29) is 29.8 Å². The fourth-order valence-corrected chi connectivity index (χ4v) is 4.21. The van der Waals surface area contributed by atoms with Crippen LogP contribution in [0.2, 0.25) is 0 Å². The molecule has 3 aromatic heterocycles. The summed E-state index contributed by atoms with van der Waals surface area (Å²) in [6.07, 6.45) is 4.68. The lowest BCUT2D eigenvalue weighted by Crippen LogP contribution is -2.32. The van der Waals surface area contributed by atoms with Crippen LogP contribution in [-0.2, 0) is 25.6 Å². The number of aryl methyl sites for hydroxylation is 1. The topological polar surface area (TPSA) is 77.1 Å². The van der Waals surface area contributed by atoms with Gasteiger partial charge < -0.3 is 5.32 Å². The summed E-state index contributed by atoms with van der Waals surface area (Å²) in [4.78, 5) is 21.6. The van der Waals surface area contributed by atoms with Gasteiger partial charge in [-0.05, 0) is 37.0 Å². The van der Waals surface area contributed by atoms with Crippen molar-refractivity contribution in [1.82, 2.24) is 29.5 Å². The first-order valence-electron chi connectivity index (χ1n) is 12.2. The van der Waals surface area contributed by atoms with E-state index in [1.165, 1.54) is 23.2 Å². The zero-order valence-corrected chi connectivity index (χ0v) is 21.0. The number of carbonyl (C=O) groups is 1. The molecule has 0 saturated carbocycles. The normalized spacial score (nSPS) is 12.6. The molecule has 0 aliphatic rings. The number of alkyl halides is 3. The predicted molar refractivity (Wildman–Crippen MR) is 135 cm³/mol. The number of aromatic nitrogens is 5. The number of allylic oxidation sites excluding steroid dienone is 1. The molecule has 0 spiro atoms. The first-order valence-corrected chi connectivity index (χ1v) is 12.2. The Morgan fingerprint density at radius 1 is 1.24 bits per heavy atom. The van der Waals surface area contributed by atoms with Crippen molar-refractivity contribution in [2.75, 3.05) is 0 Å². The van der Waals surface area contributed by atoms with E-state index in [0.717, 1.165) is 17.5 Å². The quantitative estimate of drug-likeness (QED) is 0.303. The number of carbonyl (C=O) groups excluding carboxylic acids is 1. The Morgan fingerprint density at radius 3 is 2.70 bits per heavy atom. The van der Waals surface area contributed by atoms with Gasteiger partial charge in [0.05, 0.1) is 29.7 Å². The lowest BCUT2D eigenvalue weighted by atomic mass is 9.98.